The molecule has 0 fully saturated rings. The van der Waals surface area contributed by atoms with Gasteiger partial charge in [-0.1, -0.05) is 38.1 Å². The summed E-state index contributed by atoms with van der Waals surface area (Å²) in [5, 5.41) is 3.76. The van der Waals surface area contributed by atoms with E-state index in [0.29, 0.717) is 12.1 Å². The minimum Gasteiger partial charge on any atom is -0.303 e. The number of aryl methyl sites for hydroxylation is 2. The molecule has 2 heteroatoms. The molecule has 1 heterocycles. The first-order valence-electron chi connectivity index (χ1n) is 7.55. The third-order valence-corrected chi connectivity index (χ3v) is 5.02. The molecule has 2 atom stereocenters. The molecule has 0 radical (unpaired) electrons. The smallest absolute Gasteiger partial charge is 0.0391 e. The first-order valence-corrected chi connectivity index (χ1v) is 8.36. The maximum atomic E-state index is 3.76. The molecular formula is C18H25NS. The third kappa shape index (κ3) is 3.71. The van der Waals surface area contributed by atoms with Crippen LogP contribution in [0.15, 0.2) is 36.4 Å². The quantitative estimate of drug-likeness (QED) is 0.748. The summed E-state index contributed by atoms with van der Waals surface area (Å²) in [7, 11) is 0. The van der Waals surface area contributed by atoms with Crippen LogP contribution in [0.4, 0.5) is 0 Å². The molecule has 2 unspecified atom stereocenters. The van der Waals surface area contributed by atoms with Crippen molar-refractivity contribution in [3.63, 3.8) is 0 Å². The Morgan fingerprint density at radius 2 is 1.75 bits per heavy atom. The average Bonchev–Trinajstić information content (AvgIpc) is 2.91. The van der Waals surface area contributed by atoms with E-state index < -0.39 is 0 Å². The Hall–Kier alpha value is -1.12. The van der Waals surface area contributed by atoms with Gasteiger partial charge in [0.2, 0.25) is 0 Å². The molecule has 20 heavy (non-hydrogen) atoms. The highest BCUT2D eigenvalue weighted by Crippen LogP contribution is 2.26. The third-order valence-electron chi connectivity index (χ3n) is 3.84. The fraction of sp³-hybridized carbons (Fsp3) is 0.444. The lowest BCUT2D eigenvalue weighted by Crippen LogP contribution is -2.23. The molecule has 1 aromatic heterocycles. The van der Waals surface area contributed by atoms with E-state index in [2.05, 4.69) is 69.4 Å². The van der Waals surface area contributed by atoms with Crippen LogP contribution in [-0.4, -0.2) is 0 Å². The van der Waals surface area contributed by atoms with E-state index in [-0.39, 0.29) is 0 Å². The van der Waals surface area contributed by atoms with Crippen LogP contribution in [0.5, 0.6) is 0 Å². The van der Waals surface area contributed by atoms with Crippen LogP contribution >= 0.6 is 11.3 Å². The average molecular weight is 287 g/mol. The molecular weight excluding hydrogens is 262 g/mol. The van der Waals surface area contributed by atoms with Gasteiger partial charge in [0, 0.05) is 21.8 Å². The Morgan fingerprint density at radius 1 is 1.05 bits per heavy atom. The van der Waals surface area contributed by atoms with Crippen molar-refractivity contribution in [1.29, 1.82) is 0 Å². The zero-order valence-corrected chi connectivity index (χ0v) is 13.8. The normalized spacial score (nSPS) is 14.2. The lowest BCUT2D eigenvalue weighted by atomic mass is 10.0. The first kappa shape index (κ1) is 15.3. The van der Waals surface area contributed by atoms with Gasteiger partial charge in [-0.3, -0.25) is 0 Å². The number of hydrogen-bond acceptors (Lipinski definition) is 2. The van der Waals surface area contributed by atoms with Gasteiger partial charge in [-0.25, -0.2) is 0 Å². The molecule has 1 aromatic carbocycles. The number of hydrogen-bond donors (Lipinski definition) is 1. The highest BCUT2D eigenvalue weighted by atomic mass is 32.1. The first-order chi connectivity index (χ1) is 9.63. The predicted octanol–water partition coefficient (Wildman–Crippen LogP) is 5.42. The van der Waals surface area contributed by atoms with E-state index in [4.69, 9.17) is 0 Å². The summed E-state index contributed by atoms with van der Waals surface area (Å²) >= 11 is 1.89. The summed E-state index contributed by atoms with van der Waals surface area (Å²) < 4.78 is 0. The summed E-state index contributed by atoms with van der Waals surface area (Å²) in [4.78, 5) is 2.81. The van der Waals surface area contributed by atoms with E-state index in [1.54, 1.807) is 0 Å². The lowest BCUT2D eigenvalue weighted by molar-refractivity contribution is 0.460. The Bertz CT molecular complexity index is 527. The SMILES string of the molecule is CCc1ccc(C(CC)NC(C)c2ccc(C)s2)cc1. The standard InChI is InChI=1S/C18H25NS/c1-5-15-8-10-16(11-9-15)17(6-2)19-14(4)18-12-7-13(3)20-18/h7-12,14,17,19H,5-6H2,1-4H3. The number of benzene rings is 1. The van der Waals surface area contributed by atoms with Crippen LogP contribution in [0.25, 0.3) is 0 Å². The van der Waals surface area contributed by atoms with E-state index in [0.717, 1.165) is 12.8 Å². The van der Waals surface area contributed by atoms with Crippen LogP contribution in [0.2, 0.25) is 0 Å². The van der Waals surface area contributed by atoms with Gasteiger partial charge in [-0.05, 0) is 49.9 Å². The molecule has 0 spiro atoms. The van der Waals surface area contributed by atoms with E-state index >= 15 is 0 Å². The molecule has 0 aliphatic carbocycles. The number of thiophene rings is 1. The molecule has 0 aliphatic heterocycles. The molecule has 2 aromatic rings. The van der Waals surface area contributed by atoms with Gasteiger partial charge in [0.25, 0.3) is 0 Å². The summed E-state index contributed by atoms with van der Waals surface area (Å²) in [5.74, 6) is 0. The van der Waals surface area contributed by atoms with Gasteiger partial charge in [0.1, 0.15) is 0 Å². The summed E-state index contributed by atoms with van der Waals surface area (Å²) in [6.45, 7) is 8.87. The summed E-state index contributed by atoms with van der Waals surface area (Å²) in [6.07, 6.45) is 2.22. The fourth-order valence-corrected chi connectivity index (χ4v) is 3.39. The molecule has 0 saturated carbocycles. The molecule has 1 nitrogen and oxygen atoms in total. The van der Waals surface area contributed by atoms with Crippen LogP contribution in [0.1, 0.15) is 60.2 Å². The number of rotatable bonds is 6. The van der Waals surface area contributed by atoms with Crippen LogP contribution in [0.3, 0.4) is 0 Å². The maximum absolute atomic E-state index is 3.76. The Labute approximate surface area is 127 Å². The van der Waals surface area contributed by atoms with Crippen molar-refractivity contribution < 1.29 is 0 Å². The van der Waals surface area contributed by atoms with Crippen molar-refractivity contribution >= 4 is 11.3 Å². The van der Waals surface area contributed by atoms with E-state index in [9.17, 15) is 0 Å². The second-order valence-corrected chi connectivity index (χ2v) is 6.71. The second kappa shape index (κ2) is 7.05. The van der Waals surface area contributed by atoms with Crippen molar-refractivity contribution in [2.45, 2.75) is 52.6 Å². The van der Waals surface area contributed by atoms with Crippen molar-refractivity contribution in [2.75, 3.05) is 0 Å². The van der Waals surface area contributed by atoms with Gasteiger partial charge in [0.05, 0.1) is 0 Å². The van der Waals surface area contributed by atoms with Gasteiger partial charge in [0.15, 0.2) is 0 Å². The van der Waals surface area contributed by atoms with Gasteiger partial charge in [-0.2, -0.15) is 0 Å². The minimum atomic E-state index is 0.407. The Kier molecular flexibility index (Phi) is 5.38. The zero-order chi connectivity index (χ0) is 14.5. The monoisotopic (exact) mass is 287 g/mol. The van der Waals surface area contributed by atoms with Crippen molar-refractivity contribution in [3.05, 3.63) is 57.3 Å². The molecule has 0 aliphatic rings. The molecule has 1 N–H and O–H groups in total. The molecule has 0 amide bonds. The van der Waals surface area contributed by atoms with Gasteiger partial charge >= 0.3 is 0 Å². The van der Waals surface area contributed by atoms with E-state index in [1.807, 2.05) is 11.3 Å². The topological polar surface area (TPSA) is 12.0 Å². The second-order valence-electron chi connectivity index (χ2n) is 5.39. The van der Waals surface area contributed by atoms with Crippen molar-refractivity contribution in [1.82, 2.24) is 5.32 Å². The van der Waals surface area contributed by atoms with Gasteiger partial charge in [-0.15, -0.1) is 11.3 Å². The zero-order valence-electron chi connectivity index (χ0n) is 12.9. The maximum Gasteiger partial charge on any atom is 0.0391 e. The Balaban J connectivity index is 2.07. The van der Waals surface area contributed by atoms with Crippen LogP contribution in [0, 0.1) is 6.92 Å². The van der Waals surface area contributed by atoms with E-state index in [1.165, 1.54) is 20.9 Å². The molecule has 0 bridgehead atoms. The minimum absolute atomic E-state index is 0.407. The Morgan fingerprint density at radius 3 is 2.25 bits per heavy atom. The summed E-state index contributed by atoms with van der Waals surface area (Å²) in [6, 6.07) is 14.3. The highest BCUT2D eigenvalue weighted by Gasteiger charge is 2.14. The van der Waals surface area contributed by atoms with Crippen molar-refractivity contribution in [3.8, 4) is 0 Å². The van der Waals surface area contributed by atoms with Crippen LogP contribution in [-0.2, 0) is 6.42 Å². The molecule has 108 valence electrons. The van der Waals surface area contributed by atoms with Gasteiger partial charge < -0.3 is 5.32 Å². The van der Waals surface area contributed by atoms with Crippen molar-refractivity contribution in [2.24, 2.45) is 0 Å². The highest BCUT2D eigenvalue weighted by molar-refractivity contribution is 7.12. The summed E-state index contributed by atoms with van der Waals surface area (Å²) in [5.41, 5.74) is 2.80. The number of nitrogens with one attached hydrogen (secondary N) is 1. The fourth-order valence-electron chi connectivity index (χ4n) is 2.51. The molecule has 2 rings (SSSR count). The molecule has 0 saturated heterocycles. The lowest BCUT2D eigenvalue weighted by Gasteiger charge is -2.22. The largest absolute Gasteiger partial charge is 0.303 e. The van der Waals surface area contributed by atoms with Crippen LogP contribution < -0.4 is 5.32 Å². The predicted molar refractivity (Wildman–Crippen MR) is 89.5 cm³/mol.